The number of fused-ring (bicyclic) bond motifs is 6. The molecule has 0 aliphatic heterocycles. The number of aryl methyl sites for hydroxylation is 7. The molecule has 300 valence electrons. The first-order valence-corrected chi connectivity index (χ1v) is 20.9. The first-order chi connectivity index (χ1) is 28.4. The summed E-state index contributed by atoms with van der Waals surface area (Å²) in [7, 11) is 0. The Labute approximate surface area is 354 Å². The van der Waals surface area contributed by atoms with Gasteiger partial charge in [-0.3, -0.25) is 0 Å². The van der Waals surface area contributed by atoms with E-state index in [0.717, 1.165) is 28.7 Å². The second-order valence-corrected chi connectivity index (χ2v) is 16.1. The number of furan rings is 1. The second-order valence-electron chi connectivity index (χ2n) is 16.1. The predicted octanol–water partition coefficient (Wildman–Crippen LogP) is 16.7. The van der Waals surface area contributed by atoms with Gasteiger partial charge in [0, 0.05) is 16.4 Å². The highest BCUT2D eigenvalue weighted by Crippen LogP contribution is 2.52. The first kappa shape index (κ1) is 43.9. The quantitative estimate of drug-likeness (QED) is 0.174. The molecule has 1 aliphatic rings. The van der Waals surface area contributed by atoms with Crippen molar-refractivity contribution in [2.24, 2.45) is 0 Å². The Hall–Kier alpha value is -6.18. The van der Waals surface area contributed by atoms with E-state index in [-0.39, 0.29) is 5.41 Å². The lowest BCUT2D eigenvalue weighted by Crippen LogP contribution is -2.15. The van der Waals surface area contributed by atoms with E-state index in [9.17, 15) is 0 Å². The summed E-state index contributed by atoms with van der Waals surface area (Å²) in [6.07, 6.45) is 6.97. The highest BCUT2D eigenvalue weighted by molar-refractivity contribution is 6.03. The van der Waals surface area contributed by atoms with Gasteiger partial charge in [0.1, 0.15) is 11.3 Å². The van der Waals surface area contributed by atoms with Crippen LogP contribution in [0.5, 0.6) is 0 Å². The van der Waals surface area contributed by atoms with Crippen molar-refractivity contribution in [3.8, 4) is 11.1 Å². The molecule has 0 atom stereocenters. The summed E-state index contributed by atoms with van der Waals surface area (Å²) < 4.78 is 5.69. The number of rotatable bonds is 3. The van der Waals surface area contributed by atoms with Crippen LogP contribution < -0.4 is 0 Å². The molecule has 0 fully saturated rings. The summed E-state index contributed by atoms with van der Waals surface area (Å²) in [6.45, 7) is 25.4. The standard InChI is InChI=1S/C21H20.C14H14O.2C8H10.C7H8/c1-13-9-10-17-18(11-13)21(3,4)19-12-14(2)15-7-5-6-8-16(15)20(17)19;1-4-6-11-12-9-10(3)7-8-14(12)15-13(11)5-2;1-7-3-5-8(2)6-4-7;1-2-8-6-4-3-5-7-8;1-7-5-3-2-4-6-7/h5-12H,1-4H3;4-9H,2H2,1,3H3;3-6H,1-2H3;3-7H,2H2,1H3;2-6H,1H3/b;6-4-;;;. The zero-order chi connectivity index (χ0) is 42.5. The molecule has 0 N–H and O–H groups in total. The van der Waals surface area contributed by atoms with Crippen molar-refractivity contribution in [3.63, 3.8) is 0 Å². The molecule has 7 aromatic carbocycles. The lowest BCUT2D eigenvalue weighted by atomic mass is 9.81. The second kappa shape index (κ2) is 20.5. The van der Waals surface area contributed by atoms with E-state index in [1.807, 2.05) is 43.3 Å². The summed E-state index contributed by atoms with van der Waals surface area (Å²) in [5.41, 5.74) is 17.3. The Morgan fingerprint density at radius 2 is 1.07 bits per heavy atom. The van der Waals surface area contributed by atoms with Crippen molar-refractivity contribution >= 4 is 33.9 Å². The molecule has 1 aromatic heterocycles. The van der Waals surface area contributed by atoms with Crippen molar-refractivity contribution in [3.05, 3.63) is 226 Å². The SMILES string of the molecule is C=Cc1oc2ccc(C)cc2c1/C=C\C.CCc1ccccc1.Cc1ccc(C)cc1.Cc1ccc2c(c1)C(C)(C)c1cc(C)c3ccccc3c1-2.Cc1ccccc1. The van der Waals surface area contributed by atoms with E-state index in [2.05, 4.69) is 196 Å². The third kappa shape index (κ3) is 11.1. The van der Waals surface area contributed by atoms with Gasteiger partial charge >= 0.3 is 0 Å². The molecule has 0 saturated carbocycles. The van der Waals surface area contributed by atoms with E-state index in [4.69, 9.17) is 4.42 Å². The molecule has 0 saturated heterocycles. The van der Waals surface area contributed by atoms with Crippen molar-refractivity contribution in [1.82, 2.24) is 0 Å². The number of allylic oxidation sites excluding steroid dienone is 1. The molecule has 1 heteroatoms. The van der Waals surface area contributed by atoms with Crippen LogP contribution in [-0.4, -0.2) is 0 Å². The Balaban J connectivity index is 0.000000152. The molecule has 1 nitrogen and oxygen atoms in total. The van der Waals surface area contributed by atoms with Crippen LogP contribution in [0.15, 0.2) is 169 Å². The van der Waals surface area contributed by atoms with Gasteiger partial charge in [-0.25, -0.2) is 0 Å². The fraction of sp³-hybridized carbons (Fsp3) is 0.207. The minimum Gasteiger partial charge on any atom is -0.456 e. The number of hydrogen-bond acceptors (Lipinski definition) is 1. The molecule has 59 heavy (non-hydrogen) atoms. The molecule has 0 unspecified atom stereocenters. The zero-order valence-corrected chi connectivity index (χ0v) is 37.0. The maximum atomic E-state index is 5.69. The normalized spacial score (nSPS) is 11.8. The molecular weight excluding hydrogens is 713 g/mol. The van der Waals surface area contributed by atoms with Gasteiger partial charge in [0.2, 0.25) is 0 Å². The van der Waals surface area contributed by atoms with Crippen LogP contribution in [0.1, 0.15) is 89.1 Å². The van der Waals surface area contributed by atoms with Crippen LogP contribution in [0.2, 0.25) is 0 Å². The minimum atomic E-state index is 0.0888. The average molecular weight is 775 g/mol. The Morgan fingerprint density at radius 3 is 1.61 bits per heavy atom. The van der Waals surface area contributed by atoms with Crippen molar-refractivity contribution < 1.29 is 4.42 Å². The highest BCUT2D eigenvalue weighted by atomic mass is 16.3. The molecule has 0 spiro atoms. The Morgan fingerprint density at radius 1 is 0.542 bits per heavy atom. The van der Waals surface area contributed by atoms with Crippen molar-refractivity contribution in [2.75, 3.05) is 0 Å². The monoisotopic (exact) mass is 774 g/mol. The number of hydrogen-bond donors (Lipinski definition) is 0. The van der Waals surface area contributed by atoms with Crippen LogP contribution in [-0.2, 0) is 11.8 Å². The molecule has 0 bridgehead atoms. The maximum absolute atomic E-state index is 5.69. The van der Waals surface area contributed by atoms with Gasteiger partial charge in [-0.2, -0.15) is 0 Å². The van der Waals surface area contributed by atoms with Gasteiger partial charge in [-0.1, -0.05) is 207 Å². The van der Waals surface area contributed by atoms with E-state index in [0.29, 0.717) is 0 Å². The van der Waals surface area contributed by atoms with Crippen LogP contribution >= 0.6 is 0 Å². The van der Waals surface area contributed by atoms with Crippen molar-refractivity contribution in [2.45, 2.75) is 81.1 Å². The lowest BCUT2D eigenvalue weighted by Gasteiger charge is -2.22. The average Bonchev–Trinajstić information content (AvgIpc) is 3.70. The van der Waals surface area contributed by atoms with E-state index >= 15 is 0 Å². The largest absolute Gasteiger partial charge is 0.456 e. The van der Waals surface area contributed by atoms with Crippen LogP contribution in [0.3, 0.4) is 0 Å². The van der Waals surface area contributed by atoms with Gasteiger partial charge < -0.3 is 4.42 Å². The molecule has 9 rings (SSSR count). The Kier molecular flexibility index (Phi) is 15.3. The third-order valence-corrected chi connectivity index (χ3v) is 10.9. The number of benzene rings is 7. The minimum absolute atomic E-state index is 0.0888. The van der Waals surface area contributed by atoms with E-state index in [1.165, 1.54) is 72.0 Å². The van der Waals surface area contributed by atoms with Crippen molar-refractivity contribution in [1.29, 1.82) is 0 Å². The fourth-order valence-corrected chi connectivity index (χ4v) is 7.50. The first-order valence-electron chi connectivity index (χ1n) is 20.9. The third-order valence-electron chi connectivity index (χ3n) is 10.9. The molecule has 1 heterocycles. The molecule has 0 radical (unpaired) electrons. The lowest BCUT2D eigenvalue weighted by molar-refractivity contribution is 0.603. The topological polar surface area (TPSA) is 13.1 Å². The maximum Gasteiger partial charge on any atom is 0.135 e. The highest BCUT2D eigenvalue weighted by Gasteiger charge is 2.36. The van der Waals surface area contributed by atoms with E-state index < -0.39 is 0 Å². The smallest absolute Gasteiger partial charge is 0.135 e. The van der Waals surface area contributed by atoms with Crippen LogP contribution in [0.4, 0.5) is 0 Å². The molecule has 0 amide bonds. The van der Waals surface area contributed by atoms with Gasteiger partial charge in [-0.15, -0.1) is 0 Å². The van der Waals surface area contributed by atoms with Gasteiger partial charge in [0.05, 0.1) is 0 Å². The summed E-state index contributed by atoms with van der Waals surface area (Å²) >= 11 is 0. The summed E-state index contributed by atoms with van der Waals surface area (Å²) in [4.78, 5) is 0. The fourth-order valence-electron chi connectivity index (χ4n) is 7.50. The summed E-state index contributed by atoms with van der Waals surface area (Å²) in [5, 5.41) is 3.92. The van der Waals surface area contributed by atoms with Gasteiger partial charge in [0.15, 0.2) is 0 Å². The molecule has 1 aliphatic carbocycles. The van der Waals surface area contributed by atoms with Gasteiger partial charge in [0.25, 0.3) is 0 Å². The molecular formula is C58H62O. The predicted molar refractivity (Wildman–Crippen MR) is 260 cm³/mol. The van der Waals surface area contributed by atoms with E-state index in [1.54, 1.807) is 6.08 Å². The van der Waals surface area contributed by atoms with Crippen LogP contribution in [0, 0.1) is 41.5 Å². The summed E-state index contributed by atoms with van der Waals surface area (Å²) in [6, 6.07) is 53.5. The Bertz CT molecular complexity index is 2600. The van der Waals surface area contributed by atoms with Crippen LogP contribution in [0.25, 0.3) is 45.0 Å². The molecule has 8 aromatic rings. The zero-order valence-electron chi connectivity index (χ0n) is 37.0. The van der Waals surface area contributed by atoms with Gasteiger partial charge in [-0.05, 0) is 117 Å². The summed E-state index contributed by atoms with van der Waals surface area (Å²) in [5.74, 6) is 0.841.